The molecule has 0 aliphatic heterocycles. The average Bonchev–Trinajstić information content (AvgIpc) is 2.71. The molecule has 2 rings (SSSR count). The van der Waals surface area contributed by atoms with Gasteiger partial charge < -0.3 is 0 Å². The summed E-state index contributed by atoms with van der Waals surface area (Å²) in [5.74, 6) is 0. The second-order valence-corrected chi connectivity index (χ2v) is 7.57. The van der Waals surface area contributed by atoms with Crippen molar-refractivity contribution in [3.8, 4) is 6.07 Å². The molecule has 0 saturated carbocycles. The molecule has 3 nitrogen and oxygen atoms in total. The maximum atomic E-state index is 12.1. The van der Waals surface area contributed by atoms with E-state index in [9.17, 15) is 4.21 Å². The first-order valence-corrected chi connectivity index (χ1v) is 7.28. The number of nitrogens with one attached hydrogen (secondary N) is 1. The summed E-state index contributed by atoms with van der Waals surface area (Å²) >= 11 is 0. The van der Waals surface area contributed by atoms with Gasteiger partial charge in [-0.25, -0.2) is 8.93 Å². The van der Waals surface area contributed by atoms with Crippen LogP contribution in [0.15, 0.2) is 18.2 Å². The highest BCUT2D eigenvalue weighted by atomic mass is 32.2. The van der Waals surface area contributed by atoms with Crippen LogP contribution in [0.2, 0.25) is 0 Å². The van der Waals surface area contributed by atoms with Crippen LogP contribution in [0.4, 0.5) is 0 Å². The maximum absolute atomic E-state index is 12.1. The summed E-state index contributed by atoms with van der Waals surface area (Å²) in [6.07, 6.45) is 1.80. The lowest BCUT2D eigenvalue weighted by Crippen LogP contribution is -2.35. The predicted molar refractivity (Wildman–Crippen MR) is 73.3 cm³/mol. The van der Waals surface area contributed by atoms with Crippen LogP contribution in [0, 0.1) is 11.3 Å². The highest BCUT2D eigenvalue weighted by molar-refractivity contribution is 7.84. The van der Waals surface area contributed by atoms with E-state index in [1.54, 1.807) is 0 Å². The zero-order chi connectivity index (χ0) is 13.3. The highest BCUT2D eigenvalue weighted by Crippen LogP contribution is 2.33. The number of fused-ring (bicyclic) bond motifs is 1. The van der Waals surface area contributed by atoms with Crippen LogP contribution in [0.3, 0.4) is 0 Å². The number of hydrogen-bond donors (Lipinski definition) is 1. The van der Waals surface area contributed by atoms with E-state index in [0.29, 0.717) is 0 Å². The predicted octanol–water partition coefficient (Wildman–Crippen LogP) is 2.60. The van der Waals surface area contributed by atoms with Crippen molar-refractivity contribution in [1.29, 1.82) is 5.26 Å². The van der Waals surface area contributed by atoms with Crippen LogP contribution in [-0.2, 0) is 17.4 Å². The van der Waals surface area contributed by atoms with Crippen LogP contribution in [-0.4, -0.2) is 8.96 Å². The molecule has 0 radical (unpaired) electrons. The van der Waals surface area contributed by atoms with Crippen molar-refractivity contribution in [3.63, 3.8) is 0 Å². The molecule has 0 aromatic heterocycles. The van der Waals surface area contributed by atoms with Gasteiger partial charge in [0, 0.05) is 6.04 Å². The molecule has 96 valence electrons. The molecule has 0 fully saturated rings. The van der Waals surface area contributed by atoms with Crippen molar-refractivity contribution < 1.29 is 4.21 Å². The average molecular weight is 262 g/mol. The van der Waals surface area contributed by atoms with E-state index >= 15 is 0 Å². The summed E-state index contributed by atoms with van der Waals surface area (Å²) in [6.45, 7) is 5.87. The van der Waals surface area contributed by atoms with E-state index < -0.39 is 11.0 Å². The van der Waals surface area contributed by atoms with Gasteiger partial charge in [0.1, 0.15) is 0 Å². The van der Waals surface area contributed by atoms with Crippen LogP contribution < -0.4 is 4.72 Å². The van der Waals surface area contributed by atoms with Gasteiger partial charge in [0.25, 0.3) is 0 Å². The van der Waals surface area contributed by atoms with Crippen LogP contribution in [0.5, 0.6) is 0 Å². The topological polar surface area (TPSA) is 52.9 Å². The molecular weight excluding hydrogens is 244 g/mol. The number of rotatable bonds is 2. The zero-order valence-corrected chi connectivity index (χ0v) is 11.8. The Labute approximate surface area is 111 Å². The zero-order valence-electron chi connectivity index (χ0n) is 11.0. The Hall–Kier alpha value is -1.18. The van der Waals surface area contributed by atoms with Gasteiger partial charge in [-0.05, 0) is 50.8 Å². The van der Waals surface area contributed by atoms with Crippen molar-refractivity contribution in [3.05, 3.63) is 34.9 Å². The standard InChI is InChI=1S/C14H18N2OS/c1-14(2,3)18(17)16-13-8-7-11-10(9-15)5-4-6-12(11)13/h4-6,13,16H,7-8H2,1-3H3/t13-,18+/m1/s1. The molecule has 0 bridgehead atoms. The summed E-state index contributed by atoms with van der Waals surface area (Å²) in [7, 11) is -1.08. The molecule has 2 atom stereocenters. The normalized spacial score (nSPS) is 20.2. The smallest absolute Gasteiger partial charge is 0.0994 e. The van der Waals surface area contributed by atoms with Gasteiger partial charge in [0.2, 0.25) is 0 Å². The lowest BCUT2D eigenvalue weighted by Gasteiger charge is -2.22. The van der Waals surface area contributed by atoms with Gasteiger partial charge in [-0.15, -0.1) is 0 Å². The molecule has 18 heavy (non-hydrogen) atoms. The molecule has 4 heteroatoms. The molecule has 1 aliphatic rings. The molecule has 0 spiro atoms. The Balaban J connectivity index is 2.23. The number of benzene rings is 1. The van der Waals surface area contributed by atoms with E-state index in [2.05, 4.69) is 10.8 Å². The first-order valence-electron chi connectivity index (χ1n) is 6.13. The van der Waals surface area contributed by atoms with Crippen LogP contribution in [0.25, 0.3) is 0 Å². The van der Waals surface area contributed by atoms with Crippen molar-refractivity contribution in [2.24, 2.45) is 0 Å². The Bertz CT molecular complexity index is 526. The lowest BCUT2D eigenvalue weighted by molar-refractivity contribution is 0.596. The molecule has 0 heterocycles. The summed E-state index contributed by atoms with van der Waals surface area (Å²) in [4.78, 5) is 0. The fourth-order valence-corrected chi connectivity index (χ4v) is 3.04. The lowest BCUT2D eigenvalue weighted by atomic mass is 10.0. The van der Waals surface area contributed by atoms with E-state index in [0.717, 1.165) is 29.5 Å². The maximum Gasteiger partial charge on any atom is 0.0994 e. The van der Waals surface area contributed by atoms with Crippen molar-refractivity contribution in [2.45, 2.75) is 44.4 Å². The summed E-state index contributed by atoms with van der Waals surface area (Å²) in [5, 5.41) is 9.07. The second kappa shape index (κ2) is 4.83. The molecule has 1 aromatic rings. The van der Waals surface area contributed by atoms with E-state index in [1.807, 2.05) is 39.0 Å². The first kappa shape index (κ1) is 13.3. The Morgan fingerprint density at radius 3 is 2.78 bits per heavy atom. The number of nitriles is 1. The van der Waals surface area contributed by atoms with Crippen LogP contribution >= 0.6 is 0 Å². The van der Waals surface area contributed by atoms with Gasteiger partial charge in [0.15, 0.2) is 0 Å². The van der Waals surface area contributed by atoms with Crippen molar-refractivity contribution in [2.75, 3.05) is 0 Å². The second-order valence-electron chi connectivity index (χ2n) is 5.58. The minimum Gasteiger partial charge on any atom is -0.242 e. The molecule has 0 saturated heterocycles. The van der Waals surface area contributed by atoms with Crippen LogP contribution in [0.1, 0.15) is 49.9 Å². The Morgan fingerprint density at radius 1 is 1.44 bits per heavy atom. The van der Waals surface area contributed by atoms with Crippen molar-refractivity contribution >= 4 is 11.0 Å². The van der Waals surface area contributed by atoms with Gasteiger partial charge in [-0.1, -0.05) is 12.1 Å². The molecule has 1 aromatic carbocycles. The monoisotopic (exact) mass is 262 g/mol. The summed E-state index contributed by atoms with van der Waals surface area (Å²) in [6, 6.07) is 8.11. The quantitative estimate of drug-likeness (QED) is 0.890. The molecule has 0 unspecified atom stereocenters. The third-order valence-electron chi connectivity index (χ3n) is 3.20. The molecular formula is C14H18N2OS. The summed E-state index contributed by atoms with van der Waals surface area (Å²) in [5.41, 5.74) is 2.99. The van der Waals surface area contributed by atoms with Gasteiger partial charge in [-0.2, -0.15) is 5.26 Å². The van der Waals surface area contributed by atoms with Crippen molar-refractivity contribution in [1.82, 2.24) is 4.72 Å². The Kier molecular flexibility index (Phi) is 3.56. The van der Waals surface area contributed by atoms with Gasteiger partial charge in [-0.3, -0.25) is 0 Å². The summed E-state index contributed by atoms with van der Waals surface area (Å²) < 4.78 is 15.0. The fraction of sp³-hybridized carbons (Fsp3) is 0.500. The highest BCUT2D eigenvalue weighted by Gasteiger charge is 2.29. The Morgan fingerprint density at radius 2 is 2.17 bits per heavy atom. The van der Waals surface area contributed by atoms with E-state index in [-0.39, 0.29) is 10.8 Å². The van der Waals surface area contributed by atoms with E-state index in [4.69, 9.17) is 5.26 Å². The van der Waals surface area contributed by atoms with Gasteiger partial charge >= 0.3 is 0 Å². The fourth-order valence-electron chi connectivity index (χ4n) is 2.19. The third kappa shape index (κ3) is 2.47. The minimum absolute atomic E-state index is 0.105. The van der Waals surface area contributed by atoms with Gasteiger partial charge in [0.05, 0.1) is 27.4 Å². The third-order valence-corrected chi connectivity index (χ3v) is 4.81. The largest absolute Gasteiger partial charge is 0.242 e. The molecule has 1 N–H and O–H groups in total. The first-order chi connectivity index (χ1) is 8.43. The number of nitrogens with zero attached hydrogens (tertiary/aromatic N) is 1. The number of hydrogen-bond acceptors (Lipinski definition) is 2. The molecule has 1 aliphatic carbocycles. The molecule has 0 amide bonds. The minimum atomic E-state index is -1.08. The van der Waals surface area contributed by atoms with E-state index in [1.165, 1.54) is 0 Å². The SMILES string of the molecule is CC(C)(C)[S@](=O)N[C@@H]1CCc2c(C#N)cccc21.